The summed E-state index contributed by atoms with van der Waals surface area (Å²) in [5.74, 6) is -1.27. The highest BCUT2D eigenvalue weighted by atomic mass is 32.2. The highest BCUT2D eigenvalue weighted by Crippen LogP contribution is 2.44. The Balaban J connectivity index is 1.82. The van der Waals surface area contributed by atoms with Crippen molar-refractivity contribution in [3.8, 4) is 0 Å². The van der Waals surface area contributed by atoms with Crippen LogP contribution in [0.2, 0.25) is 0 Å². The Morgan fingerprint density at radius 2 is 1.73 bits per heavy atom. The van der Waals surface area contributed by atoms with Crippen molar-refractivity contribution >= 4 is 45.6 Å². The van der Waals surface area contributed by atoms with Gasteiger partial charge in [-0.05, 0) is 32.1 Å². The minimum absolute atomic E-state index is 0.185. The van der Waals surface area contributed by atoms with Gasteiger partial charge in [0.05, 0.1) is 31.1 Å². The molecule has 11 nitrogen and oxygen atoms in total. The van der Waals surface area contributed by atoms with Gasteiger partial charge in [-0.3, -0.25) is 28.5 Å². The molecule has 0 saturated heterocycles. The number of aliphatic hydroxyl groups is 2. The Bertz CT molecular complexity index is 1400. The monoisotopic (exact) mass is 595 g/mol. The lowest BCUT2D eigenvalue weighted by Crippen LogP contribution is -2.58. The number of carbonyl (C=O) groups is 1. The summed E-state index contributed by atoms with van der Waals surface area (Å²) in [5, 5.41) is 34.6. The summed E-state index contributed by atoms with van der Waals surface area (Å²) < 4.78 is 2.85. The number of thioether (sulfide) groups is 2. The number of aliphatic hydroxyl groups excluding tert-OH is 2. The summed E-state index contributed by atoms with van der Waals surface area (Å²) in [6, 6.07) is -0.828. The number of carboxylic acids is 1. The van der Waals surface area contributed by atoms with Gasteiger partial charge in [-0.2, -0.15) is 0 Å². The van der Waals surface area contributed by atoms with Crippen LogP contribution in [0.3, 0.4) is 0 Å². The van der Waals surface area contributed by atoms with Crippen LogP contribution >= 0.6 is 23.5 Å². The number of rotatable bonds is 14. The van der Waals surface area contributed by atoms with Crippen LogP contribution in [0.1, 0.15) is 65.5 Å². The number of nitrogens with zero attached hydrogens (tertiary/aromatic N) is 3. The number of aliphatic imine (C=N–C) groups is 1. The summed E-state index contributed by atoms with van der Waals surface area (Å²) >= 11 is 2.88. The second-order valence-corrected chi connectivity index (χ2v) is 14.0. The van der Waals surface area contributed by atoms with Crippen molar-refractivity contribution in [1.29, 1.82) is 0 Å². The van der Waals surface area contributed by atoms with Gasteiger partial charge in [-0.1, -0.05) is 13.8 Å². The molecule has 4 rings (SSSR count). The normalized spacial score (nSPS) is 25.2. The average molecular weight is 596 g/mol. The van der Waals surface area contributed by atoms with E-state index >= 15 is 0 Å². The summed E-state index contributed by atoms with van der Waals surface area (Å²) in [4.78, 5) is 46.0. The molecular weight excluding hydrogens is 554 g/mol. The molecule has 3 heterocycles. The zero-order chi connectivity index (χ0) is 29.4. The van der Waals surface area contributed by atoms with E-state index in [-0.39, 0.29) is 28.1 Å². The fraction of sp³-hybridized carbons (Fsp3) is 0.704. The largest absolute Gasteiger partial charge is 0.481 e. The molecule has 2 unspecified atom stereocenters. The quantitative estimate of drug-likeness (QED) is 0.110. The number of nitrogens with two attached hydrogens (primary N) is 1. The third-order valence-corrected chi connectivity index (χ3v) is 10.3. The Kier molecular flexibility index (Phi) is 9.60. The van der Waals surface area contributed by atoms with Crippen molar-refractivity contribution in [1.82, 2.24) is 14.5 Å². The van der Waals surface area contributed by atoms with Crippen LogP contribution in [0.15, 0.2) is 14.6 Å². The van der Waals surface area contributed by atoms with Crippen molar-refractivity contribution in [3.05, 3.63) is 31.4 Å². The van der Waals surface area contributed by atoms with Crippen molar-refractivity contribution in [2.75, 3.05) is 24.6 Å². The van der Waals surface area contributed by atoms with Crippen LogP contribution in [-0.2, 0) is 4.79 Å². The number of fused-ring (bicyclic) bond motifs is 2. The van der Waals surface area contributed by atoms with Crippen LogP contribution in [0, 0.1) is 11.3 Å². The van der Waals surface area contributed by atoms with Gasteiger partial charge >= 0.3 is 5.97 Å². The fourth-order valence-corrected chi connectivity index (χ4v) is 8.08. The summed E-state index contributed by atoms with van der Waals surface area (Å²) in [6.45, 7) is 8.63. The van der Waals surface area contributed by atoms with Gasteiger partial charge in [0.2, 0.25) is 0 Å². The highest BCUT2D eigenvalue weighted by molar-refractivity contribution is 8.08. The first-order valence-corrected chi connectivity index (χ1v) is 15.8. The number of nitrogens with one attached hydrogen (secondary N) is 1. The molecule has 6 atom stereocenters. The van der Waals surface area contributed by atoms with Crippen LogP contribution in [-0.4, -0.2) is 79.6 Å². The molecule has 6 N–H and O–H groups in total. The molecule has 0 spiro atoms. The maximum absolute atomic E-state index is 14.2. The van der Waals surface area contributed by atoms with E-state index in [1.54, 1.807) is 6.92 Å². The maximum atomic E-state index is 14.2. The van der Waals surface area contributed by atoms with E-state index in [9.17, 15) is 29.7 Å². The SMILES string of the molecule is CC(O)C[C@H]1CC(SCCN=CN)=c2c(=O)n3c(c(=O)n21)=C(SCCNC1CC1(C)C)C[C@@H]3[C@@H](C(=O)O)[C@H](C)O. The van der Waals surface area contributed by atoms with Crippen LogP contribution < -0.4 is 32.9 Å². The zero-order valence-corrected chi connectivity index (χ0v) is 25.1. The van der Waals surface area contributed by atoms with E-state index in [0.717, 1.165) is 11.3 Å². The molecule has 13 heteroatoms. The lowest BCUT2D eigenvalue weighted by atomic mass is 9.93. The zero-order valence-electron chi connectivity index (χ0n) is 23.5. The summed E-state index contributed by atoms with van der Waals surface area (Å²) in [5.41, 5.74) is 4.84. The Morgan fingerprint density at radius 3 is 2.30 bits per heavy atom. The predicted octanol–water partition coefficient (Wildman–Crippen LogP) is -0.190. The van der Waals surface area contributed by atoms with E-state index < -0.39 is 41.7 Å². The molecule has 3 aliphatic rings. The summed E-state index contributed by atoms with van der Waals surface area (Å²) in [7, 11) is 0. The molecule has 1 fully saturated rings. The van der Waals surface area contributed by atoms with Gasteiger partial charge < -0.3 is 26.4 Å². The average Bonchev–Trinajstić information content (AvgIpc) is 3.15. The molecule has 1 aromatic rings. The van der Waals surface area contributed by atoms with Gasteiger partial charge in [0.25, 0.3) is 11.1 Å². The van der Waals surface area contributed by atoms with Gasteiger partial charge in [-0.25, -0.2) is 0 Å². The topological polar surface area (TPSA) is 172 Å². The molecule has 0 amide bonds. The minimum Gasteiger partial charge on any atom is -0.481 e. The number of hydrogen-bond acceptors (Lipinski definition) is 9. The smallest absolute Gasteiger partial charge is 0.311 e. The number of aliphatic carboxylic acids is 1. The maximum Gasteiger partial charge on any atom is 0.311 e. The van der Waals surface area contributed by atoms with Crippen LogP contribution in [0.5, 0.6) is 0 Å². The number of carboxylic acid groups (broad SMARTS) is 1. The Morgan fingerprint density at radius 1 is 1.12 bits per heavy atom. The van der Waals surface area contributed by atoms with E-state index in [4.69, 9.17) is 5.73 Å². The first-order chi connectivity index (χ1) is 18.9. The molecule has 0 radical (unpaired) electrons. The van der Waals surface area contributed by atoms with Gasteiger partial charge in [0.1, 0.15) is 16.6 Å². The van der Waals surface area contributed by atoms with Gasteiger partial charge in [-0.15, -0.1) is 23.5 Å². The third-order valence-electron chi connectivity index (χ3n) is 8.08. The Labute approximate surface area is 241 Å². The molecule has 222 valence electrons. The molecule has 2 aliphatic heterocycles. The van der Waals surface area contributed by atoms with Crippen molar-refractivity contribution in [2.45, 2.75) is 83.7 Å². The third kappa shape index (κ3) is 6.23. The second-order valence-electron chi connectivity index (χ2n) is 11.7. The molecule has 1 aromatic heterocycles. The van der Waals surface area contributed by atoms with Crippen LogP contribution in [0.4, 0.5) is 0 Å². The molecule has 1 aliphatic carbocycles. The highest BCUT2D eigenvalue weighted by Gasteiger charge is 2.45. The lowest BCUT2D eigenvalue weighted by Gasteiger charge is -2.25. The molecule has 0 aromatic carbocycles. The fourth-order valence-electron chi connectivity index (χ4n) is 5.93. The number of hydrogen-bond donors (Lipinski definition) is 5. The van der Waals surface area contributed by atoms with E-state index in [1.165, 1.54) is 45.9 Å². The van der Waals surface area contributed by atoms with Crippen molar-refractivity contribution < 1.29 is 20.1 Å². The Hall–Kier alpha value is -2.06. The molecule has 0 bridgehead atoms. The van der Waals surface area contributed by atoms with E-state index in [1.807, 2.05) is 0 Å². The molecule has 40 heavy (non-hydrogen) atoms. The van der Waals surface area contributed by atoms with Crippen LogP contribution in [0.25, 0.3) is 9.81 Å². The summed E-state index contributed by atoms with van der Waals surface area (Å²) in [6.07, 6.45) is 1.33. The first-order valence-electron chi connectivity index (χ1n) is 13.8. The van der Waals surface area contributed by atoms with E-state index in [0.29, 0.717) is 48.4 Å². The molecular formula is C27H41N5O6S2. The molecule has 1 saturated carbocycles. The lowest BCUT2D eigenvalue weighted by molar-refractivity contribution is -0.147. The van der Waals surface area contributed by atoms with Gasteiger partial charge in [0.15, 0.2) is 0 Å². The van der Waals surface area contributed by atoms with Crippen molar-refractivity contribution in [2.24, 2.45) is 22.1 Å². The van der Waals surface area contributed by atoms with Crippen molar-refractivity contribution in [3.63, 3.8) is 0 Å². The number of aromatic nitrogens is 2. The second kappa shape index (κ2) is 12.4. The predicted molar refractivity (Wildman–Crippen MR) is 160 cm³/mol. The minimum atomic E-state index is -1.26. The van der Waals surface area contributed by atoms with E-state index in [2.05, 4.69) is 24.2 Å². The first kappa shape index (κ1) is 30.9. The van der Waals surface area contributed by atoms with Gasteiger partial charge in [0, 0.05) is 52.8 Å². The standard InChI is InChI=1S/C27H41N5O6S2/c1-14(33)9-16-10-18(39-7-5-29-13-28)22-25(36)32-17(21(15(2)34)26(37)38)11-19(23(32)24(35)31(16)22)40-8-6-30-20-12-27(20,3)4/h13-17,20-21,30,33-34H,5-12H2,1-4H3,(H2,28,29)(H,37,38)/t14?,15-,16-,17+,20?,21-/m0/s1.